The van der Waals surface area contributed by atoms with E-state index in [4.69, 9.17) is 14.2 Å². The number of hydrogen-bond donors (Lipinski definition) is 0. The Bertz CT molecular complexity index is 1330. The van der Waals surface area contributed by atoms with Crippen LogP contribution >= 0.6 is 0 Å². The fourth-order valence-electron chi connectivity index (χ4n) is 5.33. The molecule has 1 saturated carbocycles. The molecular formula is C32H28O4. The third kappa shape index (κ3) is 4.72. The maximum absolute atomic E-state index is 12.6. The van der Waals surface area contributed by atoms with Crippen molar-refractivity contribution < 1.29 is 19.0 Å². The molecule has 2 aliphatic rings. The average Bonchev–Trinajstić information content (AvgIpc) is 3.33. The van der Waals surface area contributed by atoms with Crippen LogP contribution in [0.2, 0.25) is 0 Å². The van der Waals surface area contributed by atoms with Gasteiger partial charge in [0.25, 0.3) is 0 Å². The van der Waals surface area contributed by atoms with E-state index in [9.17, 15) is 4.79 Å². The molecule has 0 aromatic heterocycles. The Morgan fingerprint density at radius 1 is 0.694 bits per heavy atom. The van der Waals surface area contributed by atoms with Crippen molar-refractivity contribution in [2.45, 2.75) is 38.1 Å². The molecule has 1 heterocycles. The second-order valence-corrected chi connectivity index (χ2v) is 9.57. The first-order chi connectivity index (χ1) is 17.7. The number of ketones is 1. The smallest absolute Gasteiger partial charge is 0.133 e. The van der Waals surface area contributed by atoms with Gasteiger partial charge in [-0.15, -0.1) is 0 Å². The van der Waals surface area contributed by atoms with Gasteiger partial charge in [-0.1, -0.05) is 72.8 Å². The summed E-state index contributed by atoms with van der Waals surface area (Å²) in [5.74, 6) is 3.01. The standard InChI is InChI=1S/C32H28O4/c33-25-17-28-29-19-27(35-21-23-9-5-2-6-10-23)15-16-31(29)36-32(30(28)18-25)24-11-13-26(14-12-24)34-20-22-7-3-1-4-8-22/h1-16,19,28,30,32H,17-18,20-21H2/t28-,30-,32-/m0/s1. The lowest BCUT2D eigenvalue weighted by molar-refractivity contribution is -0.117. The van der Waals surface area contributed by atoms with Crippen LogP contribution in [0.25, 0.3) is 0 Å². The number of carbonyl (C=O) groups is 1. The lowest BCUT2D eigenvalue weighted by Crippen LogP contribution is -2.26. The van der Waals surface area contributed by atoms with Crippen molar-refractivity contribution >= 4 is 5.78 Å². The van der Waals surface area contributed by atoms with E-state index in [2.05, 4.69) is 42.5 Å². The predicted molar refractivity (Wildman–Crippen MR) is 138 cm³/mol. The number of ether oxygens (including phenoxy) is 3. The molecule has 4 nitrogen and oxygen atoms in total. The average molecular weight is 477 g/mol. The first kappa shape index (κ1) is 22.4. The van der Waals surface area contributed by atoms with Gasteiger partial charge in [-0.3, -0.25) is 4.79 Å². The highest BCUT2D eigenvalue weighted by atomic mass is 16.5. The second kappa shape index (κ2) is 9.90. The molecule has 4 aromatic rings. The molecule has 0 saturated heterocycles. The molecule has 6 rings (SSSR count). The lowest BCUT2D eigenvalue weighted by atomic mass is 9.80. The molecule has 4 heteroatoms. The van der Waals surface area contributed by atoms with E-state index in [0.29, 0.717) is 31.8 Å². The highest BCUT2D eigenvalue weighted by Crippen LogP contribution is 2.53. The minimum Gasteiger partial charge on any atom is -0.489 e. The molecule has 0 N–H and O–H groups in total. The van der Waals surface area contributed by atoms with E-state index in [1.54, 1.807) is 0 Å². The highest BCUT2D eigenvalue weighted by molar-refractivity contribution is 5.83. The van der Waals surface area contributed by atoms with Crippen LogP contribution in [0.3, 0.4) is 0 Å². The van der Waals surface area contributed by atoms with Crippen molar-refractivity contribution in [1.29, 1.82) is 0 Å². The summed E-state index contributed by atoms with van der Waals surface area (Å²) in [5, 5.41) is 0. The molecule has 0 bridgehead atoms. The summed E-state index contributed by atoms with van der Waals surface area (Å²) in [6, 6.07) is 34.4. The van der Waals surface area contributed by atoms with Gasteiger partial charge in [-0.25, -0.2) is 0 Å². The Balaban J connectivity index is 1.19. The summed E-state index contributed by atoms with van der Waals surface area (Å²) in [5.41, 5.74) is 4.40. The summed E-state index contributed by atoms with van der Waals surface area (Å²) in [4.78, 5) is 12.6. The number of rotatable bonds is 7. The van der Waals surface area contributed by atoms with Gasteiger partial charge >= 0.3 is 0 Å². The zero-order valence-electron chi connectivity index (χ0n) is 20.0. The van der Waals surface area contributed by atoms with Crippen molar-refractivity contribution in [3.63, 3.8) is 0 Å². The molecule has 1 aliphatic carbocycles. The zero-order chi connectivity index (χ0) is 24.3. The van der Waals surface area contributed by atoms with Gasteiger partial charge < -0.3 is 14.2 Å². The molecule has 4 aromatic carbocycles. The van der Waals surface area contributed by atoms with Gasteiger partial charge in [-0.2, -0.15) is 0 Å². The van der Waals surface area contributed by atoms with Crippen molar-refractivity contribution in [3.05, 3.63) is 125 Å². The fourth-order valence-corrected chi connectivity index (χ4v) is 5.33. The number of benzene rings is 4. The van der Waals surface area contributed by atoms with E-state index in [1.807, 2.05) is 60.7 Å². The molecule has 1 fully saturated rings. The number of Topliss-reactive ketones (excluding diaryl/α,β-unsaturated/α-hetero) is 1. The van der Waals surface area contributed by atoms with Gasteiger partial charge in [0.1, 0.15) is 42.3 Å². The van der Waals surface area contributed by atoms with Crippen molar-refractivity contribution in [3.8, 4) is 17.2 Å². The van der Waals surface area contributed by atoms with Crippen LogP contribution in [0.15, 0.2) is 103 Å². The summed E-state index contributed by atoms with van der Waals surface area (Å²) >= 11 is 0. The first-order valence-electron chi connectivity index (χ1n) is 12.5. The Morgan fingerprint density at radius 2 is 1.31 bits per heavy atom. The quantitative estimate of drug-likeness (QED) is 0.287. The van der Waals surface area contributed by atoms with E-state index in [-0.39, 0.29) is 17.9 Å². The minimum absolute atomic E-state index is 0.116. The summed E-state index contributed by atoms with van der Waals surface area (Å²) in [6.07, 6.45) is 0.932. The highest BCUT2D eigenvalue weighted by Gasteiger charge is 2.45. The van der Waals surface area contributed by atoms with Crippen molar-refractivity contribution in [2.24, 2.45) is 5.92 Å². The normalized spacial score (nSPS) is 20.2. The molecule has 0 spiro atoms. The Hall–Kier alpha value is -4.05. The lowest BCUT2D eigenvalue weighted by Gasteiger charge is -2.36. The predicted octanol–water partition coefficient (Wildman–Crippen LogP) is 7.04. The van der Waals surface area contributed by atoms with E-state index < -0.39 is 0 Å². The van der Waals surface area contributed by atoms with E-state index in [1.165, 1.54) is 0 Å². The largest absolute Gasteiger partial charge is 0.489 e. The molecular weight excluding hydrogens is 448 g/mol. The van der Waals surface area contributed by atoms with E-state index in [0.717, 1.165) is 39.5 Å². The van der Waals surface area contributed by atoms with Gasteiger partial charge in [0.2, 0.25) is 0 Å². The third-order valence-electron chi connectivity index (χ3n) is 7.16. The van der Waals surface area contributed by atoms with Crippen LogP contribution in [-0.4, -0.2) is 5.78 Å². The van der Waals surface area contributed by atoms with Crippen LogP contribution in [0, 0.1) is 5.92 Å². The monoisotopic (exact) mass is 476 g/mol. The van der Waals surface area contributed by atoms with Gasteiger partial charge in [-0.05, 0) is 47.0 Å². The molecule has 0 radical (unpaired) electrons. The maximum Gasteiger partial charge on any atom is 0.133 e. The Morgan fingerprint density at radius 3 is 1.97 bits per heavy atom. The Kier molecular flexibility index (Phi) is 6.17. The zero-order valence-corrected chi connectivity index (χ0v) is 20.0. The van der Waals surface area contributed by atoms with Crippen LogP contribution in [-0.2, 0) is 18.0 Å². The van der Waals surface area contributed by atoms with Crippen LogP contribution in [0.4, 0.5) is 0 Å². The number of carbonyl (C=O) groups excluding carboxylic acids is 1. The van der Waals surface area contributed by atoms with E-state index >= 15 is 0 Å². The van der Waals surface area contributed by atoms with Crippen molar-refractivity contribution in [1.82, 2.24) is 0 Å². The molecule has 1 aliphatic heterocycles. The number of hydrogen-bond acceptors (Lipinski definition) is 4. The molecule has 0 unspecified atom stereocenters. The first-order valence-corrected chi connectivity index (χ1v) is 12.5. The maximum atomic E-state index is 12.6. The fraction of sp³-hybridized carbons (Fsp3) is 0.219. The number of fused-ring (bicyclic) bond motifs is 3. The molecule has 36 heavy (non-hydrogen) atoms. The minimum atomic E-state index is -0.159. The SMILES string of the molecule is O=C1C[C@H]2[C@@H](C1)c1cc(OCc3ccccc3)ccc1O[C@H]2c1ccc(OCc2ccccc2)cc1. The van der Waals surface area contributed by atoms with Crippen LogP contribution < -0.4 is 14.2 Å². The molecule has 180 valence electrons. The van der Waals surface area contributed by atoms with Gasteiger partial charge in [0, 0.05) is 30.2 Å². The van der Waals surface area contributed by atoms with Gasteiger partial charge in [0.05, 0.1) is 0 Å². The molecule has 3 atom stereocenters. The second-order valence-electron chi connectivity index (χ2n) is 9.57. The summed E-state index contributed by atoms with van der Waals surface area (Å²) < 4.78 is 18.5. The Labute approximate surface area is 211 Å². The molecule has 0 amide bonds. The van der Waals surface area contributed by atoms with Crippen LogP contribution in [0.1, 0.15) is 47.1 Å². The summed E-state index contributed by atoms with van der Waals surface area (Å²) in [7, 11) is 0. The third-order valence-corrected chi connectivity index (χ3v) is 7.16. The van der Waals surface area contributed by atoms with Crippen molar-refractivity contribution in [2.75, 3.05) is 0 Å². The summed E-state index contributed by atoms with van der Waals surface area (Å²) in [6.45, 7) is 1.04. The van der Waals surface area contributed by atoms with Gasteiger partial charge in [0.15, 0.2) is 0 Å². The topological polar surface area (TPSA) is 44.8 Å². The van der Waals surface area contributed by atoms with Crippen LogP contribution in [0.5, 0.6) is 17.2 Å².